The summed E-state index contributed by atoms with van der Waals surface area (Å²) in [4.78, 5) is 12.3. The normalized spacial score (nSPS) is 10.2. The summed E-state index contributed by atoms with van der Waals surface area (Å²) >= 11 is 0. The van der Waals surface area contributed by atoms with Crippen molar-refractivity contribution in [2.45, 2.75) is 19.8 Å². The topological polar surface area (TPSA) is 59.9 Å². The SMILES string of the molecule is CCNc1nccc(OCCCc2ccncc2)n1. The Labute approximate surface area is 113 Å². The summed E-state index contributed by atoms with van der Waals surface area (Å²) in [5.74, 6) is 1.22. The molecule has 0 aromatic carbocycles. The minimum Gasteiger partial charge on any atom is -0.478 e. The second-order valence-electron chi connectivity index (χ2n) is 4.06. The number of ether oxygens (including phenoxy) is 1. The van der Waals surface area contributed by atoms with Crippen LogP contribution in [0.1, 0.15) is 18.9 Å². The molecule has 0 aliphatic rings. The van der Waals surface area contributed by atoms with Crippen LogP contribution in [-0.2, 0) is 6.42 Å². The first-order valence-corrected chi connectivity index (χ1v) is 6.47. The zero-order valence-electron chi connectivity index (χ0n) is 11.0. The van der Waals surface area contributed by atoms with Crippen LogP contribution in [0.15, 0.2) is 36.8 Å². The summed E-state index contributed by atoms with van der Waals surface area (Å²) in [6.45, 7) is 3.45. The van der Waals surface area contributed by atoms with Crippen molar-refractivity contribution in [1.82, 2.24) is 15.0 Å². The van der Waals surface area contributed by atoms with E-state index in [4.69, 9.17) is 4.74 Å². The van der Waals surface area contributed by atoms with Gasteiger partial charge in [0.2, 0.25) is 11.8 Å². The summed E-state index contributed by atoms with van der Waals surface area (Å²) < 4.78 is 5.61. The van der Waals surface area contributed by atoms with Gasteiger partial charge in [0.05, 0.1) is 6.61 Å². The minimum atomic E-state index is 0.606. The summed E-state index contributed by atoms with van der Waals surface area (Å²) in [7, 11) is 0. The predicted octanol–water partition coefficient (Wildman–Crippen LogP) is 2.32. The summed E-state index contributed by atoms with van der Waals surface area (Å²) in [6.07, 6.45) is 7.24. The van der Waals surface area contributed by atoms with Gasteiger partial charge in [0, 0.05) is 31.2 Å². The van der Waals surface area contributed by atoms with Crippen molar-refractivity contribution >= 4 is 5.95 Å². The highest BCUT2D eigenvalue weighted by atomic mass is 16.5. The van der Waals surface area contributed by atoms with E-state index in [9.17, 15) is 0 Å². The van der Waals surface area contributed by atoms with Crippen molar-refractivity contribution in [3.05, 3.63) is 42.4 Å². The maximum Gasteiger partial charge on any atom is 0.225 e. The summed E-state index contributed by atoms with van der Waals surface area (Å²) in [6, 6.07) is 5.81. The van der Waals surface area contributed by atoms with Gasteiger partial charge in [-0.05, 0) is 37.5 Å². The van der Waals surface area contributed by atoms with Crippen LogP contribution in [0, 0.1) is 0 Å². The molecule has 1 N–H and O–H groups in total. The lowest BCUT2D eigenvalue weighted by Crippen LogP contribution is -2.05. The molecule has 0 saturated carbocycles. The Kier molecular flexibility index (Phi) is 5.10. The molecule has 0 saturated heterocycles. The molecule has 0 aliphatic heterocycles. The molecule has 0 unspecified atom stereocenters. The van der Waals surface area contributed by atoms with Crippen LogP contribution < -0.4 is 10.1 Å². The third-order valence-corrected chi connectivity index (χ3v) is 2.57. The molecule has 100 valence electrons. The van der Waals surface area contributed by atoms with Gasteiger partial charge in [-0.1, -0.05) is 0 Å². The fraction of sp³-hybridized carbons (Fsp3) is 0.357. The lowest BCUT2D eigenvalue weighted by molar-refractivity contribution is 0.299. The number of hydrogen-bond acceptors (Lipinski definition) is 5. The van der Waals surface area contributed by atoms with E-state index in [1.165, 1.54) is 5.56 Å². The average molecular weight is 258 g/mol. The highest BCUT2D eigenvalue weighted by Crippen LogP contribution is 2.09. The number of nitrogens with zero attached hydrogens (tertiary/aromatic N) is 3. The molecule has 0 aliphatic carbocycles. The lowest BCUT2D eigenvalue weighted by atomic mass is 10.1. The molecule has 2 heterocycles. The van der Waals surface area contributed by atoms with Gasteiger partial charge >= 0.3 is 0 Å². The van der Waals surface area contributed by atoms with Gasteiger partial charge in [-0.3, -0.25) is 4.98 Å². The predicted molar refractivity (Wildman–Crippen MR) is 74.2 cm³/mol. The van der Waals surface area contributed by atoms with Crippen LogP contribution in [-0.4, -0.2) is 28.1 Å². The quantitative estimate of drug-likeness (QED) is 0.772. The number of anilines is 1. The molecule has 5 nitrogen and oxygen atoms in total. The highest BCUT2D eigenvalue weighted by Gasteiger charge is 1.99. The van der Waals surface area contributed by atoms with E-state index in [-0.39, 0.29) is 0 Å². The van der Waals surface area contributed by atoms with Gasteiger partial charge in [0.1, 0.15) is 0 Å². The zero-order valence-corrected chi connectivity index (χ0v) is 11.0. The number of nitrogens with one attached hydrogen (secondary N) is 1. The van der Waals surface area contributed by atoms with E-state index in [0.29, 0.717) is 18.4 Å². The van der Waals surface area contributed by atoms with E-state index >= 15 is 0 Å². The monoisotopic (exact) mass is 258 g/mol. The molecular formula is C14H18N4O. The Balaban J connectivity index is 1.75. The highest BCUT2D eigenvalue weighted by molar-refractivity contribution is 5.26. The molecular weight excluding hydrogens is 240 g/mol. The van der Waals surface area contributed by atoms with Crippen molar-refractivity contribution < 1.29 is 4.74 Å². The second-order valence-corrected chi connectivity index (χ2v) is 4.06. The van der Waals surface area contributed by atoms with Crippen LogP contribution >= 0.6 is 0 Å². The third kappa shape index (κ3) is 4.54. The Hall–Kier alpha value is -2.17. The first-order chi connectivity index (χ1) is 9.38. The standard InChI is InChI=1S/C14H18N4O/c1-2-16-14-17-10-7-13(18-14)19-11-3-4-12-5-8-15-9-6-12/h5-10H,2-4,11H2,1H3,(H,16,17,18). The molecule has 2 aromatic rings. The van der Waals surface area contributed by atoms with E-state index in [0.717, 1.165) is 19.4 Å². The second kappa shape index (κ2) is 7.31. The molecule has 0 atom stereocenters. The van der Waals surface area contributed by atoms with Gasteiger partial charge in [0.25, 0.3) is 0 Å². The first-order valence-electron chi connectivity index (χ1n) is 6.47. The Morgan fingerprint density at radius 1 is 1.16 bits per heavy atom. The van der Waals surface area contributed by atoms with Crippen molar-refractivity contribution in [2.24, 2.45) is 0 Å². The molecule has 19 heavy (non-hydrogen) atoms. The van der Waals surface area contributed by atoms with E-state index in [2.05, 4.69) is 20.3 Å². The molecule has 0 bridgehead atoms. The lowest BCUT2D eigenvalue weighted by Gasteiger charge is -2.06. The first kappa shape index (κ1) is 13.3. The number of hydrogen-bond donors (Lipinski definition) is 1. The maximum atomic E-state index is 5.61. The summed E-state index contributed by atoms with van der Waals surface area (Å²) in [5, 5.41) is 3.06. The Morgan fingerprint density at radius 2 is 2.00 bits per heavy atom. The Bertz CT molecular complexity index is 490. The number of rotatable bonds is 7. The zero-order chi connectivity index (χ0) is 13.3. The van der Waals surface area contributed by atoms with Crippen LogP contribution in [0.2, 0.25) is 0 Å². The minimum absolute atomic E-state index is 0.606. The van der Waals surface area contributed by atoms with Gasteiger partial charge in [0.15, 0.2) is 0 Å². The molecule has 0 fully saturated rings. The third-order valence-electron chi connectivity index (χ3n) is 2.57. The van der Waals surface area contributed by atoms with Crippen LogP contribution in [0.25, 0.3) is 0 Å². The van der Waals surface area contributed by atoms with Crippen LogP contribution in [0.3, 0.4) is 0 Å². The van der Waals surface area contributed by atoms with Crippen LogP contribution in [0.4, 0.5) is 5.95 Å². The molecule has 2 rings (SSSR count). The molecule has 2 aromatic heterocycles. The van der Waals surface area contributed by atoms with Crippen molar-refractivity contribution in [1.29, 1.82) is 0 Å². The Morgan fingerprint density at radius 3 is 2.79 bits per heavy atom. The van der Waals surface area contributed by atoms with E-state index in [1.54, 1.807) is 12.3 Å². The number of pyridine rings is 1. The fourth-order valence-corrected chi connectivity index (χ4v) is 1.67. The van der Waals surface area contributed by atoms with E-state index < -0.39 is 0 Å². The van der Waals surface area contributed by atoms with Crippen LogP contribution in [0.5, 0.6) is 5.88 Å². The maximum absolute atomic E-state index is 5.61. The van der Waals surface area contributed by atoms with Gasteiger partial charge in [-0.25, -0.2) is 4.98 Å². The van der Waals surface area contributed by atoms with Crippen molar-refractivity contribution in [2.75, 3.05) is 18.5 Å². The smallest absolute Gasteiger partial charge is 0.225 e. The summed E-state index contributed by atoms with van der Waals surface area (Å²) in [5.41, 5.74) is 1.27. The largest absolute Gasteiger partial charge is 0.478 e. The number of aryl methyl sites for hydroxylation is 1. The van der Waals surface area contributed by atoms with Gasteiger partial charge < -0.3 is 10.1 Å². The van der Waals surface area contributed by atoms with E-state index in [1.807, 2.05) is 31.5 Å². The number of aromatic nitrogens is 3. The van der Waals surface area contributed by atoms with Crippen molar-refractivity contribution in [3.63, 3.8) is 0 Å². The molecule has 5 heteroatoms. The molecule has 0 radical (unpaired) electrons. The molecule has 0 amide bonds. The molecule has 0 spiro atoms. The fourth-order valence-electron chi connectivity index (χ4n) is 1.67. The van der Waals surface area contributed by atoms with Gasteiger partial charge in [-0.15, -0.1) is 0 Å². The average Bonchev–Trinajstić information content (AvgIpc) is 2.46. The van der Waals surface area contributed by atoms with Gasteiger partial charge in [-0.2, -0.15) is 4.98 Å². The van der Waals surface area contributed by atoms with Crippen molar-refractivity contribution in [3.8, 4) is 5.88 Å².